The van der Waals surface area contributed by atoms with Crippen LogP contribution in [-0.2, 0) is 4.74 Å². The van der Waals surface area contributed by atoms with Gasteiger partial charge in [0.1, 0.15) is 5.76 Å². The summed E-state index contributed by atoms with van der Waals surface area (Å²) in [6.45, 7) is 6.49. The predicted molar refractivity (Wildman–Crippen MR) is 47.2 cm³/mol. The highest BCUT2D eigenvalue weighted by Crippen LogP contribution is 2.28. The van der Waals surface area contributed by atoms with Crippen molar-refractivity contribution >= 4 is 0 Å². The minimum absolute atomic E-state index is 0.560. The highest BCUT2D eigenvalue weighted by Gasteiger charge is 2.16. The molecule has 11 heavy (non-hydrogen) atoms. The molecule has 0 aromatic heterocycles. The van der Waals surface area contributed by atoms with Gasteiger partial charge in [-0.05, 0) is 25.8 Å². The molecular weight excluding hydrogens is 136 g/mol. The van der Waals surface area contributed by atoms with Crippen LogP contribution in [0.5, 0.6) is 0 Å². The lowest BCUT2D eigenvalue weighted by Gasteiger charge is -2.21. The second-order valence-corrected chi connectivity index (χ2v) is 3.35. The van der Waals surface area contributed by atoms with Crippen molar-refractivity contribution in [1.82, 2.24) is 0 Å². The van der Waals surface area contributed by atoms with E-state index >= 15 is 0 Å². The van der Waals surface area contributed by atoms with Gasteiger partial charge >= 0.3 is 0 Å². The monoisotopic (exact) mass is 152 g/mol. The number of allylic oxidation sites excluding steroid dienone is 4. The van der Waals surface area contributed by atoms with Crippen molar-refractivity contribution in [3.8, 4) is 0 Å². The third kappa shape index (κ3) is 1.65. The van der Waals surface area contributed by atoms with E-state index in [0.717, 1.165) is 12.2 Å². The lowest BCUT2D eigenvalue weighted by atomic mass is 9.91. The number of rotatable bonds is 1. The molecule has 0 aromatic rings. The molecule has 1 atom stereocenters. The first-order valence-electron chi connectivity index (χ1n) is 4.07. The molecule has 0 N–H and O–H groups in total. The smallest absolute Gasteiger partial charge is 0.102 e. The zero-order chi connectivity index (χ0) is 8.43. The average molecular weight is 152 g/mol. The molecule has 0 aliphatic heterocycles. The van der Waals surface area contributed by atoms with E-state index < -0.39 is 0 Å². The highest BCUT2D eigenvalue weighted by molar-refractivity contribution is 5.29. The van der Waals surface area contributed by atoms with E-state index in [1.165, 1.54) is 11.1 Å². The third-order valence-corrected chi connectivity index (χ3v) is 2.15. The van der Waals surface area contributed by atoms with Gasteiger partial charge in [-0.1, -0.05) is 18.6 Å². The van der Waals surface area contributed by atoms with Crippen molar-refractivity contribution in [2.75, 3.05) is 7.11 Å². The molecular formula is C10H16O. The molecule has 0 saturated heterocycles. The maximum atomic E-state index is 5.30. The number of hydrogen-bond donors (Lipinski definition) is 0. The molecule has 0 unspecified atom stereocenters. The largest absolute Gasteiger partial charge is 0.501 e. The van der Waals surface area contributed by atoms with E-state index in [2.05, 4.69) is 26.8 Å². The lowest BCUT2D eigenvalue weighted by Crippen LogP contribution is -2.08. The van der Waals surface area contributed by atoms with Gasteiger partial charge in [-0.15, -0.1) is 0 Å². The Morgan fingerprint density at radius 3 is 2.55 bits per heavy atom. The van der Waals surface area contributed by atoms with E-state index in [9.17, 15) is 0 Å². The highest BCUT2D eigenvalue weighted by atomic mass is 16.5. The van der Waals surface area contributed by atoms with Gasteiger partial charge in [0.25, 0.3) is 0 Å². The summed E-state index contributed by atoms with van der Waals surface area (Å²) in [6, 6.07) is 0. The molecule has 1 aliphatic carbocycles. The van der Waals surface area contributed by atoms with Crippen LogP contribution in [0.3, 0.4) is 0 Å². The van der Waals surface area contributed by atoms with Crippen LogP contribution in [-0.4, -0.2) is 7.11 Å². The molecule has 1 aliphatic rings. The standard InChI is InChI=1S/C10H16O/c1-7-5-8(2)10(11-4)9(3)6-7/h5,9H,6H2,1-4H3/t9-/m1/s1. The fraction of sp³-hybridized carbons (Fsp3) is 0.600. The Morgan fingerprint density at radius 2 is 2.09 bits per heavy atom. The van der Waals surface area contributed by atoms with Crippen molar-refractivity contribution in [2.24, 2.45) is 5.92 Å². The van der Waals surface area contributed by atoms with E-state index in [4.69, 9.17) is 4.74 Å². The van der Waals surface area contributed by atoms with Crippen molar-refractivity contribution < 1.29 is 4.74 Å². The molecule has 0 saturated carbocycles. The normalized spacial score (nSPS) is 25.1. The summed E-state index contributed by atoms with van der Waals surface area (Å²) in [6.07, 6.45) is 3.35. The summed E-state index contributed by atoms with van der Waals surface area (Å²) < 4.78 is 5.30. The second-order valence-electron chi connectivity index (χ2n) is 3.35. The molecule has 62 valence electrons. The summed E-state index contributed by atoms with van der Waals surface area (Å²) in [4.78, 5) is 0. The van der Waals surface area contributed by atoms with Crippen LogP contribution in [0.25, 0.3) is 0 Å². The van der Waals surface area contributed by atoms with E-state index in [1.807, 2.05) is 0 Å². The van der Waals surface area contributed by atoms with Gasteiger partial charge in [0.05, 0.1) is 7.11 Å². The van der Waals surface area contributed by atoms with Crippen molar-refractivity contribution in [1.29, 1.82) is 0 Å². The van der Waals surface area contributed by atoms with Crippen molar-refractivity contribution in [3.05, 3.63) is 23.0 Å². The first-order valence-corrected chi connectivity index (χ1v) is 4.07. The van der Waals surface area contributed by atoms with Crippen LogP contribution >= 0.6 is 0 Å². The van der Waals surface area contributed by atoms with Crippen molar-refractivity contribution in [2.45, 2.75) is 27.2 Å². The molecule has 0 spiro atoms. The number of methoxy groups -OCH3 is 1. The second kappa shape index (κ2) is 3.12. The summed E-state index contributed by atoms with van der Waals surface area (Å²) in [5.41, 5.74) is 2.74. The van der Waals surface area contributed by atoms with Crippen LogP contribution in [0.1, 0.15) is 27.2 Å². The summed E-state index contributed by atoms with van der Waals surface area (Å²) in [5.74, 6) is 1.71. The Hall–Kier alpha value is -0.720. The zero-order valence-electron chi connectivity index (χ0n) is 7.77. The molecule has 1 heteroatoms. The molecule has 1 rings (SSSR count). The minimum atomic E-state index is 0.560. The Kier molecular flexibility index (Phi) is 2.38. The molecule has 0 heterocycles. The van der Waals surface area contributed by atoms with Gasteiger partial charge in [0.2, 0.25) is 0 Å². The molecule has 0 amide bonds. The number of hydrogen-bond acceptors (Lipinski definition) is 1. The van der Waals surface area contributed by atoms with E-state index in [0.29, 0.717) is 5.92 Å². The van der Waals surface area contributed by atoms with Crippen LogP contribution in [0, 0.1) is 5.92 Å². The Balaban J connectivity index is 2.92. The zero-order valence-corrected chi connectivity index (χ0v) is 7.77. The Bertz CT molecular complexity index is 211. The maximum Gasteiger partial charge on any atom is 0.102 e. The van der Waals surface area contributed by atoms with Gasteiger partial charge in [0, 0.05) is 5.92 Å². The van der Waals surface area contributed by atoms with Gasteiger partial charge in [-0.25, -0.2) is 0 Å². The molecule has 1 nitrogen and oxygen atoms in total. The van der Waals surface area contributed by atoms with Gasteiger partial charge in [-0.2, -0.15) is 0 Å². The molecule has 0 aromatic carbocycles. The fourth-order valence-electron chi connectivity index (χ4n) is 1.83. The third-order valence-electron chi connectivity index (χ3n) is 2.15. The minimum Gasteiger partial charge on any atom is -0.501 e. The fourth-order valence-corrected chi connectivity index (χ4v) is 1.83. The van der Waals surface area contributed by atoms with Crippen LogP contribution in [0.2, 0.25) is 0 Å². The van der Waals surface area contributed by atoms with Gasteiger partial charge in [0.15, 0.2) is 0 Å². The SMILES string of the molecule is COC1=C(C)C=C(C)C[C@H]1C. The van der Waals surface area contributed by atoms with E-state index in [-0.39, 0.29) is 0 Å². The van der Waals surface area contributed by atoms with Gasteiger partial charge < -0.3 is 4.74 Å². The average Bonchev–Trinajstić information content (AvgIpc) is 1.85. The maximum absolute atomic E-state index is 5.30. The van der Waals surface area contributed by atoms with Gasteiger partial charge in [-0.3, -0.25) is 0 Å². The topological polar surface area (TPSA) is 9.23 Å². The predicted octanol–water partition coefficient (Wildman–Crippen LogP) is 2.89. The van der Waals surface area contributed by atoms with Crippen molar-refractivity contribution in [3.63, 3.8) is 0 Å². The Morgan fingerprint density at radius 1 is 1.45 bits per heavy atom. The van der Waals surface area contributed by atoms with Crippen LogP contribution in [0.15, 0.2) is 23.0 Å². The van der Waals surface area contributed by atoms with Crippen LogP contribution < -0.4 is 0 Å². The Labute approximate surface area is 68.8 Å². The summed E-state index contributed by atoms with van der Waals surface area (Å²) in [7, 11) is 1.75. The lowest BCUT2D eigenvalue weighted by molar-refractivity contribution is 0.240. The number of ether oxygens (including phenoxy) is 1. The summed E-state index contributed by atoms with van der Waals surface area (Å²) >= 11 is 0. The quantitative estimate of drug-likeness (QED) is 0.561. The molecule has 0 fully saturated rings. The van der Waals surface area contributed by atoms with E-state index in [1.54, 1.807) is 7.11 Å². The summed E-state index contributed by atoms with van der Waals surface area (Å²) in [5, 5.41) is 0. The first kappa shape index (κ1) is 8.38. The van der Waals surface area contributed by atoms with Crippen LogP contribution in [0.4, 0.5) is 0 Å². The molecule has 0 bridgehead atoms. The molecule has 0 radical (unpaired) electrons. The first-order chi connectivity index (χ1) is 5.15.